The fourth-order valence-corrected chi connectivity index (χ4v) is 3.05. The first kappa shape index (κ1) is 19.6. The molecular formula is C21H23N7O2. The SMILES string of the molecule is COC(=O)c1ccc(Nc2nc3c(-c4cnn(CCN(C)C)c4)cccn3n2)cc1. The lowest BCUT2D eigenvalue weighted by atomic mass is 10.1. The number of nitrogens with one attached hydrogen (secondary N) is 1. The highest BCUT2D eigenvalue weighted by atomic mass is 16.5. The van der Waals surface area contributed by atoms with Crippen molar-refractivity contribution < 1.29 is 9.53 Å². The molecular weight excluding hydrogens is 382 g/mol. The number of anilines is 2. The number of carbonyl (C=O) groups is 1. The van der Waals surface area contributed by atoms with E-state index in [9.17, 15) is 4.79 Å². The van der Waals surface area contributed by atoms with Gasteiger partial charge in [-0.1, -0.05) is 0 Å². The van der Waals surface area contributed by atoms with Gasteiger partial charge in [0.15, 0.2) is 5.65 Å². The summed E-state index contributed by atoms with van der Waals surface area (Å²) in [5.74, 6) is 0.0939. The average molecular weight is 405 g/mol. The molecule has 3 heterocycles. The van der Waals surface area contributed by atoms with E-state index in [2.05, 4.69) is 25.4 Å². The van der Waals surface area contributed by atoms with Gasteiger partial charge in [0.05, 0.1) is 25.4 Å². The van der Waals surface area contributed by atoms with Crippen LogP contribution in [0, 0.1) is 0 Å². The van der Waals surface area contributed by atoms with Gasteiger partial charge in [0.2, 0.25) is 5.95 Å². The Balaban J connectivity index is 1.57. The molecule has 4 rings (SSSR count). The van der Waals surface area contributed by atoms with E-state index in [-0.39, 0.29) is 5.97 Å². The summed E-state index contributed by atoms with van der Waals surface area (Å²) in [5.41, 5.74) is 3.94. The van der Waals surface area contributed by atoms with Crippen molar-refractivity contribution in [2.75, 3.05) is 33.1 Å². The van der Waals surface area contributed by atoms with Gasteiger partial charge in [0.1, 0.15) is 0 Å². The lowest BCUT2D eigenvalue weighted by Crippen LogP contribution is -2.18. The van der Waals surface area contributed by atoms with E-state index in [1.165, 1.54) is 7.11 Å². The molecule has 3 aromatic heterocycles. The topological polar surface area (TPSA) is 89.6 Å². The predicted molar refractivity (Wildman–Crippen MR) is 114 cm³/mol. The predicted octanol–water partition coefficient (Wildman–Crippen LogP) is 2.68. The fourth-order valence-electron chi connectivity index (χ4n) is 3.05. The Labute approximate surface area is 173 Å². The van der Waals surface area contributed by atoms with Gasteiger partial charge in [-0.15, -0.1) is 5.10 Å². The summed E-state index contributed by atoms with van der Waals surface area (Å²) in [5, 5.41) is 12.1. The number of carbonyl (C=O) groups excluding carboxylic acids is 1. The number of rotatable bonds is 7. The lowest BCUT2D eigenvalue weighted by molar-refractivity contribution is 0.0601. The maximum Gasteiger partial charge on any atom is 0.337 e. The van der Waals surface area contributed by atoms with Crippen LogP contribution in [0.1, 0.15) is 10.4 Å². The third-order valence-electron chi connectivity index (χ3n) is 4.65. The third kappa shape index (κ3) is 4.15. The summed E-state index contributed by atoms with van der Waals surface area (Å²) in [6, 6.07) is 10.9. The van der Waals surface area contributed by atoms with Crippen LogP contribution in [-0.2, 0) is 11.3 Å². The molecule has 9 heteroatoms. The summed E-state index contributed by atoms with van der Waals surface area (Å²) < 4.78 is 8.38. The average Bonchev–Trinajstić information content (AvgIpc) is 3.38. The summed E-state index contributed by atoms with van der Waals surface area (Å²) in [7, 11) is 5.44. The van der Waals surface area contributed by atoms with Gasteiger partial charge in [-0.2, -0.15) is 10.1 Å². The van der Waals surface area contributed by atoms with E-state index in [4.69, 9.17) is 4.74 Å². The molecule has 0 radical (unpaired) electrons. The van der Waals surface area contributed by atoms with Crippen molar-refractivity contribution in [3.8, 4) is 11.1 Å². The summed E-state index contributed by atoms with van der Waals surface area (Å²) >= 11 is 0. The molecule has 0 unspecified atom stereocenters. The first-order valence-corrected chi connectivity index (χ1v) is 9.52. The molecule has 0 aliphatic rings. The highest BCUT2D eigenvalue weighted by Gasteiger charge is 2.12. The number of hydrogen-bond acceptors (Lipinski definition) is 7. The molecule has 9 nitrogen and oxygen atoms in total. The summed E-state index contributed by atoms with van der Waals surface area (Å²) in [6.07, 6.45) is 5.72. The van der Waals surface area contributed by atoms with Crippen molar-refractivity contribution in [2.24, 2.45) is 0 Å². The molecule has 0 fully saturated rings. The van der Waals surface area contributed by atoms with Gasteiger partial charge >= 0.3 is 5.97 Å². The van der Waals surface area contributed by atoms with Crippen LogP contribution in [0.2, 0.25) is 0 Å². The van der Waals surface area contributed by atoms with E-state index in [1.54, 1.807) is 28.8 Å². The minimum atomic E-state index is -0.372. The Morgan fingerprint density at radius 3 is 2.73 bits per heavy atom. The van der Waals surface area contributed by atoms with E-state index >= 15 is 0 Å². The maximum absolute atomic E-state index is 11.6. The van der Waals surface area contributed by atoms with Crippen molar-refractivity contribution in [1.82, 2.24) is 29.3 Å². The van der Waals surface area contributed by atoms with Gasteiger partial charge in [-0.25, -0.2) is 9.31 Å². The number of esters is 1. The van der Waals surface area contributed by atoms with Crippen LogP contribution in [0.15, 0.2) is 55.0 Å². The first-order chi connectivity index (χ1) is 14.5. The van der Waals surface area contributed by atoms with Crippen molar-refractivity contribution in [3.63, 3.8) is 0 Å². The monoisotopic (exact) mass is 405 g/mol. The van der Waals surface area contributed by atoms with Gasteiger partial charge in [-0.3, -0.25) is 4.68 Å². The van der Waals surface area contributed by atoms with Crippen LogP contribution < -0.4 is 5.32 Å². The highest BCUT2D eigenvalue weighted by Crippen LogP contribution is 2.24. The molecule has 0 aliphatic carbocycles. The van der Waals surface area contributed by atoms with E-state index in [0.29, 0.717) is 11.5 Å². The van der Waals surface area contributed by atoms with Crippen molar-refractivity contribution >= 4 is 23.3 Å². The number of aromatic nitrogens is 5. The quantitative estimate of drug-likeness (QED) is 0.473. The Morgan fingerprint density at radius 2 is 2.00 bits per heavy atom. The van der Waals surface area contributed by atoms with Crippen molar-refractivity contribution in [2.45, 2.75) is 6.54 Å². The van der Waals surface area contributed by atoms with Crippen LogP contribution in [0.4, 0.5) is 11.6 Å². The molecule has 0 atom stereocenters. The van der Waals surface area contributed by atoms with Gasteiger partial charge in [-0.05, 0) is 50.5 Å². The van der Waals surface area contributed by atoms with Crippen LogP contribution in [0.5, 0.6) is 0 Å². The highest BCUT2D eigenvalue weighted by molar-refractivity contribution is 5.89. The normalized spacial score (nSPS) is 11.2. The Bertz CT molecular complexity index is 1160. The maximum atomic E-state index is 11.6. The molecule has 1 aromatic carbocycles. The Kier molecular flexibility index (Phi) is 5.44. The molecule has 0 bridgehead atoms. The molecule has 0 saturated carbocycles. The standard InChI is InChI=1S/C21H23N7O2/c1-26(2)11-12-27-14-16(13-22-27)18-5-4-10-28-19(18)24-21(25-28)23-17-8-6-15(7-9-17)20(29)30-3/h4-10,13-14H,11-12H2,1-3H3,(H,23,25). The van der Waals surface area contributed by atoms with Gasteiger partial charge < -0.3 is 15.0 Å². The number of fused-ring (bicyclic) bond motifs is 1. The largest absolute Gasteiger partial charge is 0.465 e. The second-order valence-electron chi connectivity index (χ2n) is 7.11. The molecule has 0 saturated heterocycles. The molecule has 0 aliphatic heterocycles. The molecule has 0 spiro atoms. The summed E-state index contributed by atoms with van der Waals surface area (Å²) in [4.78, 5) is 18.3. The third-order valence-corrected chi connectivity index (χ3v) is 4.65. The number of nitrogens with zero attached hydrogens (tertiary/aromatic N) is 6. The van der Waals surface area contributed by atoms with Gasteiger partial charge in [0, 0.05) is 35.8 Å². The Hall–Kier alpha value is -3.72. The Morgan fingerprint density at radius 1 is 1.20 bits per heavy atom. The number of pyridine rings is 1. The zero-order valence-corrected chi connectivity index (χ0v) is 17.1. The first-order valence-electron chi connectivity index (χ1n) is 9.52. The number of hydrogen-bond donors (Lipinski definition) is 1. The number of likely N-dealkylation sites (N-methyl/N-ethyl adjacent to an activating group) is 1. The van der Waals surface area contributed by atoms with Crippen LogP contribution >= 0.6 is 0 Å². The number of methoxy groups -OCH3 is 1. The minimum absolute atomic E-state index is 0.372. The molecule has 1 N–H and O–H groups in total. The molecule has 154 valence electrons. The fraction of sp³-hybridized carbons (Fsp3) is 0.238. The van der Waals surface area contributed by atoms with Crippen molar-refractivity contribution in [1.29, 1.82) is 0 Å². The molecule has 30 heavy (non-hydrogen) atoms. The second-order valence-corrected chi connectivity index (χ2v) is 7.11. The molecule has 4 aromatic rings. The van der Waals surface area contributed by atoms with E-state index < -0.39 is 0 Å². The minimum Gasteiger partial charge on any atom is -0.465 e. The van der Waals surface area contributed by atoms with E-state index in [1.807, 2.05) is 49.5 Å². The molecule has 0 amide bonds. The van der Waals surface area contributed by atoms with E-state index in [0.717, 1.165) is 35.6 Å². The smallest absolute Gasteiger partial charge is 0.337 e. The lowest BCUT2D eigenvalue weighted by Gasteiger charge is -2.08. The summed E-state index contributed by atoms with van der Waals surface area (Å²) in [6.45, 7) is 1.73. The van der Waals surface area contributed by atoms with Crippen LogP contribution in [-0.4, -0.2) is 63.0 Å². The zero-order valence-electron chi connectivity index (χ0n) is 17.1. The second kappa shape index (κ2) is 8.34. The number of benzene rings is 1. The van der Waals surface area contributed by atoms with Crippen LogP contribution in [0.3, 0.4) is 0 Å². The van der Waals surface area contributed by atoms with Gasteiger partial charge in [0.25, 0.3) is 0 Å². The van der Waals surface area contributed by atoms with Crippen molar-refractivity contribution in [3.05, 3.63) is 60.6 Å². The van der Waals surface area contributed by atoms with Crippen LogP contribution in [0.25, 0.3) is 16.8 Å². The zero-order chi connectivity index (χ0) is 21.1. The number of ether oxygens (including phenoxy) is 1.